The van der Waals surface area contributed by atoms with E-state index >= 15 is 0 Å². The predicted molar refractivity (Wildman–Crippen MR) is 126 cm³/mol. The van der Waals surface area contributed by atoms with Gasteiger partial charge in [0.2, 0.25) is 0 Å². The fraction of sp³-hybridized carbons (Fsp3) is 0.292. The number of nitrogens with two attached hydrogens (primary N) is 2. The molecule has 0 saturated carbocycles. The number of nitrogen functional groups attached to an aromatic ring is 2. The number of nitriles is 1. The molecule has 0 spiro atoms. The highest BCUT2D eigenvalue weighted by Gasteiger charge is 2.29. The van der Waals surface area contributed by atoms with Crippen LogP contribution in [-0.2, 0) is 12.8 Å². The summed E-state index contributed by atoms with van der Waals surface area (Å²) < 4.78 is 1.84. The van der Waals surface area contributed by atoms with Gasteiger partial charge in [0.05, 0.1) is 16.8 Å². The number of pyridine rings is 1. The summed E-state index contributed by atoms with van der Waals surface area (Å²) in [6, 6.07) is 10.2. The molecule has 156 valence electrons. The van der Waals surface area contributed by atoms with Gasteiger partial charge >= 0.3 is 0 Å². The number of hydrogen-bond donors (Lipinski definition) is 2. The van der Waals surface area contributed by atoms with E-state index in [1.165, 1.54) is 16.9 Å². The number of hydrogen-bond acceptors (Lipinski definition) is 6. The SMILES string of the molecule is CC(C)c1c(C#N)c(N)nc2sc(C(=O)n3c4c(c5ccccc53)CCCC4)c(N)c12. The van der Waals surface area contributed by atoms with Crippen molar-refractivity contribution in [2.75, 3.05) is 11.5 Å². The molecule has 4 N–H and O–H groups in total. The molecule has 0 saturated heterocycles. The fourth-order valence-corrected chi connectivity index (χ4v) is 5.93. The molecule has 0 unspecified atom stereocenters. The molecule has 4 aromatic rings. The van der Waals surface area contributed by atoms with E-state index in [9.17, 15) is 10.1 Å². The van der Waals surface area contributed by atoms with Crippen molar-refractivity contribution < 1.29 is 4.79 Å². The molecule has 31 heavy (non-hydrogen) atoms. The second-order valence-corrected chi connectivity index (χ2v) is 9.37. The summed E-state index contributed by atoms with van der Waals surface area (Å²) in [5.41, 5.74) is 17.4. The summed E-state index contributed by atoms with van der Waals surface area (Å²) in [7, 11) is 0. The Morgan fingerprint density at radius 3 is 2.71 bits per heavy atom. The van der Waals surface area contributed by atoms with Gasteiger partial charge in [-0.15, -0.1) is 11.3 Å². The zero-order valence-electron chi connectivity index (χ0n) is 17.5. The molecule has 0 radical (unpaired) electrons. The first-order chi connectivity index (χ1) is 14.9. The Hall–Kier alpha value is -3.37. The van der Waals surface area contributed by atoms with Gasteiger partial charge in [0.1, 0.15) is 21.6 Å². The van der Waals surface area contributed by atoms with Gasteiger partial charge in [-0.1, -0.05) is 32.0 Å². The molecule has 6 nitrogen and oxygen atoms in total. The third kappa shape index (κ3) is 2.75. The third-order valence-corrected chi connectivity index (χ3v) is 7.30. The first kappa shape index (κ1) is 19.6. The molecule has 0 aliphatic heterocycles. The minimum atomic E-state index is -0.133. The number of benzene rings is 1. The maximum Gasteiger partial charge on any atom is 0.274 e. The van der Waals surface area contributed by atoms with Gasteiger partial charge in [0, 0.05) is 16.5 Å². The zero-order chi connectivity index (χ0) is 21.9. The quantitative estimate of drug-likeness (QED) is 0.467. The van der Waals surface area contributed by atoms with Crippen molar-refractivity contribution in [3.05, 3.63) is 51.5 Å². The molecule has 3 aromatic heterocycles. The van der Waals surface area contributed by atoms with E-state index in [2.05, 4.69) is 17.1 Å². The van der Waals surface area contributed by atoms with Gasteiger partial charge in [-0.25, -0.2) is 4.98 Å². The minimum absolute atomic E-state index is 0.0162. The first-order valence-corrected chi connectivity index (χ1v) is 11.3. The maximum absolute atomic E-state index is 13.9. The Kier molecular flexibility index (Phi) is 4.49. The van der Waals surface area contributed by atoms with E-state index in [4.69, 9.17) is 11.5 Å². The smallest absolute Gasteiger partial charge is 0.274 e. The molecule has 3 heterocycles. The molecule has 1 aliphatic rings. The van der Waals surface area contributed by atoms with Gasteiger partial charge in [0.15, 0.2) is 0 Å². The number of para-hydroxylation sites is 1. The highest BCUT2D eigenvalue weighted by Crippen LogP contribution is 2.42. The lowest BCUT2D eigenvalue weighted by Crippen LogP contribution is -2.17. The summed E-state index contributed by atoms with van der Waals surface area (Å²) in [4.78, 5) is 19.3. The highest BCUT2D eigenvalue weighted by atomic mass is 32.1. The standard InChI is InChI=1S/C24H23N5OS/c1-12(2)18-15(11-25)22(27)28-23-19(18)20(26)21(31-23)24(30)29-16-9-5-3-7-13(16)14-8-4-6-10-17(14)29/h3,5,7,9,12H,4,6,8,10,26H2,1-2H3,(H2,27,28). The third-order valence-electron chi connectivity index (χ3n) is 6.21. The van der Waals surface area contributed by atoms with E-state index in [0.717, 1.165) is 47.8 Å². The van der Waals surface area contributed by atoms with E-state index < -0.39 is 0 Å². The number of rotatable bonds is 2. The fourth-order valence-electron chi connectivity index (χ4n) is 4.88. The number of anilines is 2. The van der Waals surface area contributed by atoms with Crippen LogP contribution >= 0.6 is 11.3 Å². The number of nitrogens with zero attached hydrogens (tertiary/aromatic N) is 3. The van der Waals surface area contributed by atoms with Crippen LogP contribution in [0.4, 0.5) is 11.5 Å². The Labute approximate surface area is 184 Å². The van der Waals surface area contributed by atoms with Crippen LogP contribution in [-0.4, -0.2) is 15.5 Å². The monoisotopic (exact) mass is 429 g/mol. The van der Waals surface area contributed by atoms with Crippen LogP contribution in [0.25, 0.3) is 21.1 Å². The lowest BCUT2D eigenvalue weighted by molar-refractivity contribution is 0.0966. The average molecular weight is 430 g/mol. The minimum Gasteiger partial charge on any atom is -0.397 e. The van der Waals surface area contributed by atoms with Crippen LogP contribution in [0.5, 0.6) is 0 Å². The van der Waals surface area contributed by atoms with Crippen molar-refractivity contribution in [3.8, 4) is 6.07 Å². The van der Waals surface area contributed by atoms with Crippen molar-refractivity contribution in [1.82, 2.24) is 9.55 Å². The normalized spacial score (nSPS) is 13.6. The van der Waals surface area contributed by atoms with Crippen LogP contribution in [0.1, 0.15) is 64.7 Å². The molecule has 0 atom stereocenters. The van der Waals surface area contributed by atoms with Crippen molar-refractivity contribution in [1.29, 1.82) is 5.26 Å². The topological polar surface area (TPSA) is 111 Å². The number of carbonyl (C=O) groups excluding carboxylic acids is 1. The molecular weight excluding hydrogens is 406 g/mol. The largest absolute Gasteiger partial charge is 0.397 e. The van der Waals surface area contributed by atoms with Crippen LogP contribution in [0.2, 0.25) is 0 Å². The molecule has 1 aromatic carbocycles. The molecule has 7 heteroatoms. The van der Waals surface area contributed by atoms with Gasteiger partial charge in [0.25, 0.3) is 5.91 Å². The Morgan fingerprint density at radius 2 is 1.97 bits per heavy atom. The average Bonchev–Trinajstić information content (AvgIpc) is 3.27. The van der Waals surface area contributed by atoms with Crippen LogP contribution in [0, 0.1) is 11.3 Å². The predicted octanol–water partition coefficient (Wildman–Crippen LogP) is 4.98. The number of thiophene rings is 1. The summed E-state index contributed by atoms with van der Waals surface area (Å²) >= 11 is 1.26. The molecule has 0 fully saturated rings. The van der Waals surface area contributed by atoms with Gasteiger partial charge in [-0.05, 0) is 48.8 Å². The number of aryl methyl sites for hydroxylation is 1. The highest BCUT2D eigenvalue weighted by molar-refractivity contribution is 7.21. The van der Waals surface area contributed by atoms with Crippen LogP contribution < -0.4 is 11.5 Å². The van der Waals surface area contributed by atoms with Gasteiger partial charge in [-0.3, -0.25) is 9.36 Å². The maximum atomic E-state index is 13.9. The van der Waals surface area contributed by atoms with Gasteiger partial charge in [-0.2, -0.15) is 5.26 Å². The van der Waals surface area contributed by atoms with Gasteiger partial charge < -0.3 is 11.5 Å². The van der Waals surface area contributed by atoms with Crippen molar-refractivity contribution >= 4 is 49.9 Å². The van der Waals surface area contributed by atoms with E-state index in [0.29, 0.717) is 26.3 Å². The molecular formula is C24H23N5OS. The second kappa shape index (κ2) is 7.10. The molecule has 0 amide bonds. The van der Waals surface area contributed by atoms with Crippen molar-refractivity contribution in [2.24, 2.45) is 0 Å². The Balaban J connectivity index is 1.79. The lowest BCUT2D eigenvalue weighted by Gasteiger charge is -2.15. The van der Waals surface area contributed by atoms with E-state index in [1.807, 2.05) is 36.6 Å². The number of fused-ring (bicyclic) bond motifs is 4. The second-order valence-electron chi connectivity index (χ2n) is 8.37. The number of aromatic nitrogens is 2. The Morgan fingerprint density at radius 1 is 1.23 bits per heavy atom. The van der Waals surface area contributed by atoms with Crippen LogP contribution in [0.3, 0.4) is 0 Å². The van der Waals surface area contributed by atoms with E-state index in [1.54, 1.807) is 0 Å². The first-order valence-electron chi connectivity index (χ1n) is 10.5. The summed E-state index contributed by atoms with van der Waals surface area (Å²) in [6.07, 6.45) is 4.07. The Bertz CT molecular complexity index is 1420. The van der Waals surface area contributed by atoms with E-state index in [-0.39, 0.29) is 17.6 Å². The lowest BCUT2D eigenvalue weighted by atomic mass is 9.95. The van der Waals surface area contributed by atoms with Crippen LogP contribution in [0.15, 0.2) is 24.3 Å². The zero-order valence-corrected chi connectivity index (χ0v) is 18.3. The molecule has 0 bridgehead atoms. The van der Waals surface area contributed by atoms with Crippen molar-refractivity contribution in [3.63, 3.8) is 0 Å². The number of carbonyl (C=O) groups is 1. The summed E-state index contributed by atoms with van der Waals surface area (Å²) in [5, 5.41) is 11.5. The molecule has 5 rings (SSSR count). The molecule has 1 aliphatic carbocycles. The summed E-state index contributed by atoms with van der Waals surface area (Å²) in [5.74, 6) is 0.0665. The summed E-state index contributed by atoms with van der Waals surface area (Å²) in [6.45, 7) is 3.98. The van der Waals surface area contributed by atoms with Crippen molar-refractivity contribution in [2.45, 2.75) is 45.4 Å².